The molecule has 20 heavy (non-hydrogen) atoms. The number of hydrogen-bond acceptors (Lipinski definition) is 4. The normalized spacial score (nSPS) is 10.7. The molecule has 0 fully saturated rings. The van der Waals surface area contributed by atoms with Crippen LogP contribution in [0.4, 0.5) is 5.69 Å². The van der Waals surface area contributed by atoms with Crippen LogP contribution in [0.3, 0.4) is 0 Å². The molecule has 0 atom stereocenters. The summed E-state index contributed by atoms with van der Waals surface area (Å²) in [5, 5.41) is 4.48. The minimum absolute atomic E-state index is 0.653. The van der Waals surface area contributed by atoms with Crippen molar-refractivity contribution in [1.82, 2.24) is 15.0 Å². The van der Waals surface area contributed by atoms with E-state index in [0.29, 0.717) is 6.54 Å². The van der Waals surface area contributed by atoms with Gasteiger partial charge in [-0.15, -0.1) is 0 Å². The summed E-state index contributed by atoms with van der Waals surface area (Å²) in [6.07, 6.45) is 3.58. The molecular formula is C15H13BrN4. The third-order valence-corrected chi connectivity index (χ3v) is 3.40. The summed E-state index contributed by atoms with van der Waals surface area (Å²) in [5.41, 5.74) is 2.93. The Morgan fingerprint density at radius 1 is 1.20 bits per heavy atom. The first-order valence-corrected chi connectivity index (χ1v) is 7.08. The standard InChI is InChI=1S/C15H13BrN4/c1-10-17-6-5-13(20-10)9-18-14-4-2-3-11-7-12(16)8-19-15(11)14/h2-8,18H,9H2,1H3. The van der Waals surface area contributed by atoms with Crippen molar-refractivity contribution in [3.8, 4) is 0 Å². The summed E-state index contributed by atoms with van der Waals surface area (Å²) < 4.78 is 0.980. The van der Waals surface area contributed by atoms with Crippen LogP contribution in [0.1, 0.15) is 11.5 Å². The summed E-state index contributed by atoms with van der Waals surface area (Å²) >= 11 is 3.44. The Hall–Kier alpha value is -2.01. The van der Waals surface area contributed by atoms with Gasteiger partial charge in [0.15, 0.2) is 0 Å². The fraction of sp³-hybridized carbons (Fsp3) is 0.133. The number of aryl methyl sites for hydroxylation is 1. The van der Waals surface area contributed by atoms with Crippen LogP contribution in [-0.2, 0) is 6.54 Å². The molecule has 0 saturated heterocycles. The third-order valence-electron chi connectivity index (χ3n) is 2.97. The molecule has 4 nitrogen and oxygen atoms in total. The molecule has 0 spiro atoms. The molecule has 0 radical (unpaired) electrons. The van der Waals surface area contributed by atoms with E-state index in [1.165, 1.54) is 0 Å². The number of benzene rings is 1. The van der Waals surface area contributed by atoms with Crippen molar-refractivity contribution in [2.75, 3.05) is 5.32 Å². The number of fused-ring (bicyclic) bond motifs is 1. The Morgan fingerprint density at radius 2 is 2.10 bits per heavy atom. The van der Waals surface area contributed by atoms with Crippen LogP contribution in [0.15, 0.2) is 47.2 Å². The first-order valence-electron chi connectivity index (χ1n) is 6.29. The Labute approximate surface area is 125 Å². The molecule has 1 aromatic carbocycles. The van der Waals surface area contributed by atoms with Crippen molar-refractivity contribution >= 4 is 32.5 Å². The Kier molecular flexibility index (Phi) is 3.60. The van der Waals surface area contributed by atoms with Crippen molar-refractivity contribution in [2.24, 2.45) is 0 Å². The highest BCUT2D eigenvalue weighted by molar-refractivity contribution is 9.10. The molecule has 2 heterocycles. The largest absolute Gasteiger partial charge is 0.378 e. The topological polar surface area (TPSA) is 50.7 Å². The fourth-order valence-electron chi connectivity index (χ4n) is 2.07. The zero-order valence-corrected chi connectivity index (χ0v) is 12.6. The Bertz CT molecular complexity index is 758. The minimum atomic E-state index is 0.653. The monoisotopic (exact) mass is 328 g/mol. The lowest BCUT2D eigenvalue weighted by Gasteiger charge is -2.09. The molecule has 5 heteroatoms. The van der Waals surface area contributed by atoms with Crippen LogP contribution in [-0.4, -0.2) is 15.0 Å². The number of rotatable bonds is 3. The highest BCUT2D eigenvalue weighted by atomic mass is 79.9. The first-order chi connectivity index (χ1) is 9.72. The number of hydrogen-bond donors (Lipinski definition) is 1. The van der Waals surface area contributed by atoms with Gasteiger partial charge in [-0.25, -0.2) is 9.97 Å². The molecule has 1 N–H and O–H groups in total. The second kappa shape index (κ2) is 5.54. The quantitative estimate of drug-likeness (QED) is 0.796. The van der Waals surface area contributed by atoms with Gasteiger partial charge < -0.3 is 5.32 Å². The Balaban J connectivity index is 1.87. The first kappa shape index (κ1) is 13.0. The van der Waals surface area contributed by atoms with Gasteiger partial charge in [-0.1, -0.05) is 12.1 Å². The van der Waals surface area contributed by atoms with Gasteiger partial charge in [0.1, 0.15) is 5.82 Å². The number of nitrogens with one attached hydrogen (secondary N) is 1. The zero-order valence-electron chi connectivity index (χ0n) is 11.0. The molecule has 0 saturated carbocycles. The predicted molar refractivity (Wildman–Crippen MR) is 83.5 cm³/mol. The van der Waals surface area contributed by atoms with Gasteiger partial charge in [0, 0.05) is 22.3 Å². The number of nitrogens with zero attached hydrogens (tertiary/aromatic N) is 3. The number of aromatic nitrogens is 3. The number of para-hydroxylation sites is 1. The summed E-state index contributed by atoms with van der Waals surface area (Å²) in [6.45, 7) is 2.54. The van der Waals surface area contributed by atoms with Gasteiger partial charge in [-0.05, 0) is 41.1 Å². The van der Waals surface area contributed by atoms with Crippen molar-refractivity contribution < 1.29 is 0 Å². The predicted octanol–water partition coefficient (Wildman–Crippen LogP) is 3.71. The van der Waals surface area contributed by atoms with Crippen molar-refractivity contribution in [2.45, 2.75) is 13.5 Å². The average molecular weight is 329 g/mol. The second-order valence-corrected chi connectivity index (χ2v) is 5.40. The van der Waals surface area contributed by atoms with E-state index in [1.54, 1.807) is 6.20 Å². The van der Waals surface area contributed by atoms with E-state index in [1.807, 2.05) is 37.4 Å². The van der Waals surface area contributed by atoms with E-state index in [0.717, 1.165) is 32.6 Å². The van der Waals surface area contributed by atoms with Gasteiger partial charge in [0.2, 0.25) is 0 Å². The SMILES string of the molecule is Cc1nccc(CNc2cccc3cc(Br)cnc23)n1. The van der Waals surface area contributed by atoms with E-state index in [-0.39, 0.29) is 0 Å². The van der Waals surface area contributed by atoms with Crippen LogP contribution in [0, 0.1) is 6.92 Å². The Morgan fingerprint density at radius 3 is 2.95 bits per heavy atom. The number of pyridine rings is 1. The van der Waals surface area contributed by atoms with Gasteiger partial charge in [0.25, 0.3) is 0 Å². The van der Waals surface area contributed by atoms with E-state index in [9.17, 15) is 0 Å². The molecule has 0 aliphatic carbocycles. The average Bonchev–Trinajstić information content (AvgIpc) is 2.44. The maximum atomic E-state index is 4.47. The fourth-order valence-corrected chi connectivity index (χ4v) is 2.41. The molecule has 3 rings (SSSR count). The molecule has 3 aromatic rings. The van der Waals surface area contributed by atoms with Gasteiger partial charge in [-0.2, -0.15) is 0 Å². The molecule has 0 bridgehead atoms. The van der Waals surface area contributed by atoms with Crippen LogP contribution in [0.2, 0.25) is 0 Å². The number of halogens is 1. The maximum absolute atomic E-state index is 4.47. The van der Waals surface area contributed by atoms with Crippen LogP contribution >= 0.6 is 15.9 Å². The summed E-state index contributed by atoms with van der Waals surface area (Å²) in [7, 11) is 0. The summed E-state index contributed by atoms with van der Waals surface area (Å²) in [5.74, 6) is 0.782. The van der Waals surface area contributed by atoms with E-state index in [4.69, 9.17) is 0 Å². The third kappa shape index (κ3) is 2.77. The second-order valence-electron chi connectivity index (χ2n) is 4.48. The molecule has 0 amide bonds. The molecule has 2 aromatic heterocycles. The van der Waals surface area contributed by atoms with Crippen molar-refractivity contribution in [3.05, 3.63) is 58.7 Å². The van der Waals surface area contributed by atoms with Crippen LogP contribution in [0.5, 0.6) is 0 Å². The van der Waals surface area contributed by atoms with Crippen molar-refractivity contribution in [3.63, 3.8) is 0 Å². The smallest absolute Gasteiger partial charge is 0.125 e. The maximum Gasteiger partial charge on any atom is 0.125 e. The molecular weight excluding hydrogens is 316 g/mol. The molecule has 0 aliphatic heterocycles. The highest BCUT2D eigenvalue weighted by Crippen LogP contribution is 2.24. The van der Waals surface area contributed by atoms with Crippen molar-refractivity contribution in [1.29, 1.82) is 0 Å². The molecule has 0 aliphatic rings. The summed E-state index contributed by atoms with van der Waals surface area (Å²) in [6, 6.07) is 10.1. The van der Waals surface area contributed by atoms with Gasteiger partial charge >= 0.3 is 0 Å². The summed E-state index contributed by atoms with van der Waals surface area (Å²) in [4.78, 5) is 12.9. The lowest BCUT2D eigenvalue weighted by atomic mass is 10.2. The van der Waals surface area contributed by atoms with E-state index in [2.05, 4.69) is 42.3 Å². The van der Waals surface area contributed by atoms with E-state index < -0.39 is 0 Å². The van der Waals surface area contributed by atoms with Crippen LogP contribution < -0.4 is 5.32 Å². The molecule has 100 valence electrons. The number of anilines is 1. The molecule has 0 unspecified atom stereocenters. The van der Waals surface area contributed by atoms with Gasteiger partial charge in [-0.3, -0.25) is 4.98 Å². The highest BCUT2D eigenvalue weighted by Gasteiger charge is 2.03. The van der Waals surface area contributed by atoms with E-state index >= 15 is 0 Å². The lowest BCUT2D eigenvalue weighted by Crippen LogP contribution is -2.04. The zero-order chi connectivity index (χ0) is 13.9. The van der Waals surface area contributed by atoms with Gasteiger partial charge in [0.05, 0.1) is 23.4 Å². The van der Waals surface area contributed by atoms with Crippen LogP contribution in [0.25, 0.3) is 10.9 Å². The lowest BCUT2D eigenvalue weighted by molar-refractivity contribution is 0.956. The minimum Gasteiger partial charge on any atom is -0.378 e.